The van der Waals surface area contributed by atoms with Gasteiger partial charge in [0.15, 0.2) is 0 Å². The van der Waals surface area contributed by atoms with Gasteiger partial charge in [0.1, 0.15) is 5.82 Å². The molecule has 0 saturated carbocycles. The van der Waals surface area contributed by atoms with Gasteiger partial charge in [-0.3, -0.25) is 24.0 Å². The summed E-state index contributed by atoms with van der Waals surface area (Å²) in [5.74, 6) is -0.940. The van der Waals surface area contributed by atoms with Crippen LogP contribution in [0.2, 0.25) is 0 Å². The first-order valence-corrected chi connectivity index (χ1v) is 11.0. The molecule has 2 heterocycles. The number of halogens is 1. The smallest absolute Gasteiger partial charge is 0.329 e. The van der Waals surface area contributed by atoms with E-state index >= 15 is 0 Å². The fourth-order valence-electron chi connectivity index (χ4n) is 4.03. The summed E-state index contributed by atoms with van der Waals surface area (Å²) < 4.78 is 16.0. The number of aromatic nitrogens is 2. The van der Waals surface area contributed by atoms with E-state index in [1.807, 2.05) is 0 Å². The van der Waals surface area contributed by atoms with Crippen molar-refractivity contribution in [3.8, 4) is 0 Å². The molecule has 0 radical (unpaired) electrons. The van der Waals surface area contributed by atoms with E-state index in [-0.39, 0.29) is 18.0 Å². The number of fused-ring (bicyclic) bond motifs is 1. The van der Waals surface area contributed by atoms with Crippen molar-refractivity contribution in [2.75, 3.05) is 32.7 Å². The van der Waals surface area contributed by atoms with Crippen molar-refractivity contribution >= 4 is 16.8 Å². The van der Waals surface area contributed by atoms with E-state index in [1.54, 1.807) is 35.2 Å². The average molecular weight is 451 g/mol. The summed E-state index contributed by atoms with van der Waals surface area (Å²) in [4.78, 5) is 43.9. The van der Waals surface area contributed by atoms with Crippen LogP contribution in [0, 0.1) is 5.82 Å². The number of hydrogen-bond donors (Lipinski definition) is 1. The van der Waals surface area contributed by atoms with E-state index < -0.39 is 17.1 Å². The van der Waals surface area contributed by atoms with E-state index in [0.717, 1.165) is 19.6 Å². The summed E-state index contributed by atoms with van der Waals surface area (Å²) in [6.07, 6.45) is 2.16. The minimum Gasteiger partial charge on any atom is -0.336 e. The van der Waals surface area contributed by atoms with Gasteiger partial charge < -0.3 is 4.90 Å². The monoisotopic (exact) mass is 450 g/mol. The van der Waals surface area contributed by atoms with Crippen molar-refractivity contribution in [3.05, 3.63) is 91.9 Å². The lowest BCUT2D eigenvalue weighted by Gasteiger charge is -2.34. The Morgan fingerprint density at radius 3 is 2.52 bits per heavy atom. The SMILES string of the molecule is CC(C)=CCN1CCN(C(=O)c2cc(Cn3c(=O)[nH]c(=O)c4ccccc43)ccc2F)CC1. The molecule has 8 heteroatoms. The summed E-state index contributed by atoms with van der Waals surface area (Å²) >= 11 is 0. The van der Waals surface area contributed by atoms with Gasteiger partial charge in [0.2, 0.25) is 0 Å². The van der Waals surface area contributed by atoms with Crippen LogP contribution in [0.15, 0.2) is 63.7 Å². The first kappa shape index (κ1) is 22.7. The Morgan fingerprint density at radius 2 is 1.79 bits per heavy atom. The van der Waals surface area contributed by atoms with Gasteiger partial charge in [-0.1, -0.05) is 29.8 Å². The maximum Gasteiger partial charge on any atom is 0.329 e. The Morgan fingerprint density at radius 1 is 1.06 bits per heavy atom. The molecule has 1 fully saturated rings. The van der Waals surface area contributed by atoms with Gasteiger partial charge in [-0.15, -0.1) is 0 Å². The maximum atomic E-state index is 14.6. The van der Waals surface area contributed by atoms with Gasteiger partial charge in [-0.25, -0.2) is 9.18 Å². The molecule has 4 rings (SSSR count). The van der Waals surface area contributed by atoms with Crippen LogP contribution in [0.5, 0.6) is 0 Å². The fourth-order valence-corrected chi connectivity index (χ4v) is 4.03. The van der Waals surface area contributed by atoms with E-state index in [2.05, 4.69) is 29.8 Å². The van der Waals surface area contributed by atoms with Crippen LogP contribution in [0.4, 0.5) is 4.39 Å². The molecule has 0 unspecified atom stereocenters. The predicted molar refractivity (Wildman–Crippen MR) is 126 cm³/mol. The molecule has 0 atom stereocenters. The third kappa shape index (κ3) is 4.96. The largest absolute Gasteiger partial charge is 0.336 e. The fraction of sp³-hybridized carbons (Fsp3) is 0.320. The summed E-state index contributed by atoms with van der Waals surface area (Å²) in [5.41, 5.74) is 1.32. The minimum absolute atomic E-state index is 0.00738. The second kappa shape index (κ2) is 9.54. The van der Waals surface area contributed by atoms with Crippen molar-refractivity contribution in [1.29, 1.82) is 0 Å². The summed E-state index contributed by atoms with van der Waals surface area (Å²) in [7, 11) is 0. The quantitative estimate of drug-likeness (QED) is 0.606. The number of aromatic amines is 1. The zero-order chi connectivity index (χ0) is 23.5. The number of amides is 1. The zero-order valence-electron chi connectivity index (χ0n) is 18.8. The first-order chi connectivity index (χ1) is 15.8. The van der Waals surface area contributed by atoms with Gasteiger partial charge in [-0.05, 0) is 43.7 Å². The topological polar surface area (TPSA) is 78.4 Å². The summed E-state index contributed by atoms with van der Waals surface area (Å²) in [6, 6.07) is 11.1. The van der Waals surface area contributed by atoms with Crippen LogP contribution in [-0.4, -0.2) is 58.0 Å². The molecule has 1 aliphatic heterocycles. The molecule has 1 amide bonds. The van der Waals surface area contributed by atoms with Crippen LogP contribution in [0.25, 0.3) is 10.9 Å². The van der Waals surface area contributed by atoms with E-state index in [1.165, 1.54) is 22.3 Å². The van der Waals surface area contributed by atoms with Gasteiger partial charge in [0, 0.05) is 32.7 Å². The van der Waals surface area contributed by atoms with E-state index in [9.17, 15) is 18.8 Å². The highest BCUT2D eigenvalue weighted by Crippen LogP contribution is 2.17. The Bertz CT molecular complexity index is 1330. The number of H-pyrrole nitrogens is 1. The normalized spacial score (nSPS) is 14.5. The maximum absolute atomic E-state index is 14.6. The zero-order valence-corrected chi connectivity index (χ0v) is 18.8. The third-order valence-electron chi connectivity index (χ3n) is 5.92. The van der Waals surface area contributed by atoms with Crippen LogP contribution in [0.1, 0.15) is 29.8 Å². The number of hydrogen-bond acceptors (Lipinski definition) is 4. The Labute approximate surface area is 190 Å². The number of piperazine rings is 1. The molecule has 3 aromatic rings. The van der Waals surface area contributed by atoms with Crippen LogP contribution in [-0.2, 0) is 6.54 Å². The molecule has 1 aliphatic rings. The molecular weight excluding hydrogens is 423 g/mol. The summed E-state index contributed by atoms with van der Waals surface area (Å²) in [6.45, 7) is 7.58. The number of benzene rings is 2. The average Bonchev–Trinajstić information content (AvgIpc) is 2.81. The highest BCUT2D eigenvalue weighted by molar-refractivity contribution is 5.94. The minimum atomic E-state index is -0.589. The lowest BCUT2D eigenvalue weighted by molar-refractivity contribution is 0.0645. The standard InChI is InChI=1S/C25H27FN4O3/c1-17(2)9-10-28-11-13-29(14-12-28)24(32)20-15-18(7-8-21(20)26)16-30-22-6-4-3-5-19(22)23(31)27-25(30)33/h3-9,15H,10-14,16H2,1-2H3,(H,27,31,33). The number of carbonyl (C=O) groups excluding carboxylic acids is 1. The van der Waals surface area contributed by atoms with Gasteiger partial charge >= 0.3 is 5.69 Å². The molecule has 0 bridgehead atoms. The number of nitrogens with one attached hydrogen (secondary N) is 1. The van der Waals surface area contributed by atoms with Gasteiger partial charge in [-0.2, -0.15) is 0 Å². The van der Waals surface area contributed by atoms with Crippen LogP contribution >= 0.6 is 0 Å². The molecule has 172 valence electrons. The van der Waals surface area contributed by atoms with E-state index in [0.29, 0.717) is 29.6 Å². The number of para-hydroxylation sites is 1. The molecule has 1 saturated heterocycles. The number of carbonyl (C=O) groups is 1. The second-order valence-electron chi connectivity index (χ2n) is 8.55. The van der Waals surface area contributed by atoms with Crippen LogP contribution in [0.3, 0.4) is 0 Å². The number of allylic oxidation sites excluding steroid dienone is 1. The molecule has 0 spiro atoms. The highest BCUT2D eigenvalue weighted by atomic mass is 19.1. The first-order valence-electron chi connectivity index (χ1n) is 11.0. The molecule has 33 heavy (non-hydrogen) atoms. The van der Waals surface area contributed by atoms with Crippen LogP contribution < -0.4 is 11.2 Å². The number of rotatable bonds is 5. The van der Waals surface area contributed by atoms with Crippen molar-refractivity contribution in [3.63, 3.8) is 0 Å². The van der Waals surface area contributed by atoms with Crippen molar-refractivity contribution in [2.45, 2.75) is 20.4 Å². The Kier molecular flexibility index (Phi) is 6.55. The molecule has 1 N–H and O–H groups in total. The lowest BCUT2D eigenvalue weighted by atomic mass is 10.1. The lowest BCUT2D eigenvalue weighted by Crippen LogP contribution is -2.48. The van der Waals surface area contributed by atoms with Crippen molar-refractivity contribution < 1.29 is 9.18 Å². The summed E-state index contributed by atoms with van der Waals surface area (Å²) in [5, 5.41) is 0.390. The molecule has 1 aromatic heterocycles. The van der Waals surface area contributed by atoms with Gasteiger partial charge in [0.05, 0.1) is 23.0 Å². The molecule has 0 aliphatic carbocycles. The van der Waals surface area contributed by atoms with Crippen molar-refractivity contribution in [1.82, 2.24) is 19.4 Å². The number of nitrogens with zero attached hydrogens (tertiary/aromatic N) is 3. The molecular formula is C25H27FN4O3. The van der Waals surface area contributed by atoms with E-state index in [4.69, 9.17) is 0 Å². The predicted octanol–water partition coefficient (Wildman–Crippen LogP) is 2.60. The van der Waals surface area contributed by atoms with Crippen molar-refractivity contribution in [2.24, 2.45) is 0 Å². The molecule has 7 nitrogen and oxygen atoms in total. The van der Waals surface area contributed by atoms with Gasteiger partial charge in [0.25, 0.3) is 11.5 Å². The Balaban J connectivity index is 1.56. The highest BCUT2D eigenvalue weighted by Gasteiger charge is 2.24. The Hall–Kier alpha value is -3.52. The third-order valence-corrected chi connectivity index (χ3v) is 5.92. The second-order valence-corrected chi connectivity index (χ2v) is 8.55. The molecule has 2 aromatic carbocycles.